The van der Waals surface area contributed by atoms with E-state index in [2.05, 4.69) is 19.2 Å². The van der Waals surface area contributed by atoms with E-state index in [-0.39, 0.29) is 12.5 Å². The van der Waals surface area contributed by atoms with Gasteiger partial charge in [0.15, 0.2) is 6.29 Å². The van der Waals surface area contributed by atoms with Gasteiger partial charge in [0.25, 0.3) is 0 Å². The topological polar surface area (TPSA) is 149 Å². The van der Waals surface area contributed by atoms with Gasteiger partial charge in [0.1, 0.15) is 24.4 Å². The molecule has 1 aliphatic heterocycles. The molecule has 0 aromatic rings. The first kappa shape index (κ1) is 57.2. The summed E-state index contributed by atoms with van der Waals surface area (Å²) in [6, 6.07) is -0.712. The van der Waals surface area contributed by atoms with Crippen LogP contribution in [-0.2, 0) is 14.3 Å². The third-order valence-electron chi connectivity index (χ3n) is 13.0. The van der Waals surface area contributed by atoms with Crippen LogP contribution in [0.15, 0.2) is 0 Å². The Kier molecular flexibility index (Phi) is 40.2. The van der Waals surface area contributed by atoms with Gasteiger partial charge in [-0.1, -0.05) is 245 Å². The Balaban J connectivity index is 2.22. The van der Waals surface area contributed by atoms with E-state index in [0.29, 0.717) is 12.8 Å². The van der Waals surface area contributed by atoms with Gasteiger partial charge in [-0.2, -0.15) is 0 Å². The van der Waals surface area contributed by atoms with Crippen molar-refractivity contribution in [2.45, 2.75) is 307 Å². The molecule has 0 bridgehead atoms. The number of aliphatic hydroxyl groups is 5. The van der Waals surface area contributed by atoms with Crippen molar-refractivity contribution >= 4 is 5.91 Å². The Labute approximate surface area is 370 Å². The van der Waals surface area contributed by atoms with E-state index >= 15 is 0 Å². The molecular formula is C51H101NO8. The first-order valence-corrected chi connectivity index (χ1v) is 26.2. The fourth-order valence-corrected chi connectivity index (χ4v) is 8.75. The maximum Gasteiger partial charge on any atom is 0.220 e. The van der Waals surface area contributed by atoms with Gasteiger partial charge in [-0.3, -0.25) is 4.79 Å². The highest BCUT2D eigenvalue weighted by atomic mass is 16.7. The van der Waals surface area contributed by atoms with Gasteiger partial charge >= 0.3 is 0 Å². The number of ether oxygens (including phenoxy) is 2. The minimum atomic E-state index is -1.55. The molecule has 0 aliphatic carbocycles. The lowest BCUT2D eigenvalue weighted by Crippen LogP contribution is -2.60. The molecule has 0 spiro atoms. The average Bonchev–Trinajstić information content (AvgIpc) is 3.25. The molecule has 1 amide bonds. The second-order valence-electron chi connectivity index (χ2n) is 18.7. The summed E-state index contributed by atoms with van der Waals surface area (Å²) < 4.78 is 11.3. The van der Waals surface area contributed by atoms with Crippen molar-refractivity contribution in [3.05, 3.63) is 0 Å². The van der Waals surface area contributed by atoms with E-state index in [4.69, 9.17) is 9.47 Å². The van der Waals surface area contributed by atoms with Crippen molar-refractivity contribution < 1.29 is 39.8 Å². The third kappa shape index (κ3) is 31.9. The summed E-state index contributed by atoms with van der Waals surface area (Å²) in [6.07, 6.45) is 41.2. The van der Waals surface area contributed by atoms with Gasteiger partial charge in [0, 0.05) is 6.42 Å². The first-order chi connectivity index (χ1) is 29.3. The maximum absolute atomic E-state index is 13.0. The summed E-state index contributed by atoms with van der Waals surface area (Å²) in [5.41, 5.74) is 0. The summed E-state index contributed by atoms with van der Waals surface area (Å²) in [5.74, 6) is -0.138. The first-order valence-electron chi connectivity index (χ1n) is 26.2. The monoisotopic (exact) mass is 856 g/mol. The Hall–Kier alpha value is -0.810. The number of rotatable bonds is 45. The lowest BCUT2D eigenvalue weighted by atomic mass is 9.99. The average molecular weight is 856 g/mol. The summed E-state index contributed by atoms with van der Waals surface area (Å²) in [6.45, 7) is 3.87. The van der Waals surface area contributed by atoms with Crippen LogP contribution in [-0.4, -0.2) is 87.5 Å². The second kappa shape index (κ2) is 42.2. The van der Waals surface area contributed by atoms with Crippen LogP contribution in [0.2, 0.25) is 0 Å². The number of aliphatic hydroxyl groups excluding tert-OH is 5. The van der Waals surface area contributed by atoms with Crippen LogP contribution >= 0.6 is 0 Å². The highest BCUT2D eigenvalue weighted by Crippen LogP contribution is 2.23. The largest absolute Gasteiger partial charge is 0.394 e. The number of unbranched alkanes of at least 4 members (excludes halogenated alkanes) is 35. The molecule has 1 aliphatic rings. The molecule has 7 atom stereocenters. The molecule has 6 N–H and O–H groups in total. The molecule has 1 rings (SSSR count). The zero-order valence-corrected chi connectivity index (χ0v) is 39.5. The molecule has 0 saturated carbocycles. The molecule has 1 heterocycles. The zero-order valence-electron chi connectivity index (χ0n) is 39.5. The van der Waals surface area contributed by atoms with Crippen molar-refractivity contribution in [3.63, 3.8) is 0 Å². The highest BCUT2D eigenvalue weighted by molar-refractivity contribution is 5.76. The summed E-state index contributed by atoms with van der Waals surface area (Å²) in [5, 5.41) is 54.5. The van der Waals surface area contributed by atoms with E-state index in [9.17, 15) is 30.3 Å². The van der Waals surface area contributed by atoms with Crippen molar-refractivity contribution in [2.75, 3.05) is 13.2 Å². The van der Waals surface area contributed by atoms with Crippen molar-refractivity contribution in [3.8, 4) is 0 Å². The molecule has 0 aromatic carbocycles. The van der Waals surface area contributed by atoms with Gasteiger partial charge in [-0.25, -0.2) is 0 Å². The smallest absolute Gasteiger partial charge is 0.220 e. The van der Waals surface area contributed by atoms with Crippen LogP contribution in [0.4, 0.5) is 0 Å². The van der Waals surface area contributed by atoms with Crippen LogP contribution in [0.3, 0.4) is 0 Å². The molecule has 2 unspecified atom stereocenters. The lowest BCUT2D eigenvalue weighted by molar-refractivity contribution is -0.302. The van der Waals surface area contributed by atoms with Crippen LogP contribution in [0.1, 0.15) is 264 Å². The van der Waals surface area contributed by atoms with E-state index in [1.165, 1.54) is 199 Å². The minimum absolute atomic E-state index is 0.131. The summed E-state index contributed by atoms with van der Waals surface area (Å²) in [4.78, 5) is 13.0. The Morgan fingerprint density at radius 2 is 0.833 bits per heavy atom. The summed E-state index contributed by atoms with van der Waals surface area (Å²) >= 11 is 0. The Bertz CT molecular complexity index is 908. The fourth-order valence-electron chi connectivity index (χ4n) is 8.75. The Morgan fingerprint density at radius 3 is 1.18 bits per heavy atom. The third-order valence-corrected chi connectivity index (χ3v) is 13.0. The predicted molar refractivity (Wildman–Crippen MR) is 249 cm³/mol. The molecule has 9 nitrogen and oxygen atoms in total. The van der Waals surface area contributed by atoms with Crippen LogP contribution in [0, 0.1) is 0 Å². The van der Waals surface area contributed by atoms with E-state index in [1.54, 1.807) is 0 Å². The molecule has 1 fully saturated rings. The molecular weight excluding hydrogens is 755 g/mol. The second-order valence-corrected chi connectivity index (χ2v) is 18.7. The van der Waals surface area contributed by atoms with Crippen molar-refractivity contribution in [1.82, 2.24) is 5.32 Å². The molecule has 60 heavy (non-hydrogen) atoms. The highest BCUT2D eigenvalue weighted by Gasteiger charge is 2.44. The van der Waals surface area contributed by atoms with Gasteiger partial charge < -0.3 is 40.3 Å². The number of carbonyl (C=O) groups excluding carboxylic acids is 1. The molecule has 0 radical (unpaired) electrons. The van der Waals surface area contributed by atoms with E-state index < -0.39 is 49.5 Å². The number of nitrogens with one attached hydrogen (secondary N) is 1. The number of hydrogen-bond acceptors (Lipinski definition) is 8. The lowest BCUT2D eigenvalue weighted by Gasteiger charge is -2.40. The van der Waals surface area contributed by atoms with Gasteiger partial charge in [0.2, 0.25) is 5.91 Å². The maximum atomic E-state index is 13.0. The number of amides is 1. The molecule has 0 aromatic heterocycles. The zero-order chi connectivity index (χ0) is 43.7. The molecule has 1 saturated heterocycles. The summed E-state index contributed by atoms with van der Waals surface area (Å²) in [7, 11) is 0. The molecule has 9 heteroatoms. The number of hydrogen-bond donors (Lipinski definition) is 6. The standard InChI is InChI=1S/C51H101NO8/c1-3-5-7-9-11-13-15-17-19-20-21-22-23-24-25-27-29-31-33-35-37-39-41-47(55)52-44(43-59-51-50(58)49(57)48(56)46(42-53)60-51)45(54)40-38-36-34-32-30-28-26-18-16-14-12-10-8-6-4-2/h44-46,48-51,53-54,56-58H,3-43H2,1-2H3,(H,52,55)/t44-,45+,46+,48-,49?,50?,51+/m0/s1. The van der Waals surface area contributed by atoms with E-state index in [1.807, 2.05) is 0 Å². The van der Waals surface area contributed by atoms with Crippen LogP contribution in [0.25, 0.3) is 0 Å². The van der Waals surface area contributed by atoms with Crippen molar-refractivity contribution in [1.29, 1.82) is 0 Å². The van der Waals surface area contributed by atoms with Gasteiger partial charge in [-0.15, -0.1) is 0 Å². The fraction of sp³-hybridized carbons (Fsp3) is 0.980. The predicted octanol–water partition coefficient (Wildman–Crippen LogP) is 11.9. The number of carbonyl (C=O) groups is 1. The Morgan fingerprint density at radius 1 is 0.500 bits per heavy atom. The van der Waals surface area contributed by atoms with Crippen LogP contribution in [0.5, 0.6) is 0 Å². The minimum Gasteiger partial charge on any atom is -0.394 e. The van der Waals surface area contributed by atoms with Gasteiger partial charge in [0.05, 0.1) is 25.4 Å². The normalized spacial score (nSPS) is 20.4. The van der Waals surface area contributed by atoms with Gasteiger partial charge in [-0.05, 0) is 12.8 Å². The van der Waals surface area contributed by atoms with E-state index in [0.717, 1.165) is 38.5 Å². The van der Waals surface area contributed by atoms with Crippen molar-refractivity contribution in [2.24, 2.45) is 0 Å². The SMILES string of the molecule is CCCCCCCCCCCCCCCCCCCCCCCCC(=O)N[C@@H](CO[C@@H]1O[C@H](CO)[C@H](O)C(O)C1O)[C@H](O)CCCCCCCCCCCCCCCCC. The molecule has 358 valence electrons. The quantitative estimate of drug-likeness (QED) is 0.0332. The van der Waals surface area contributed by atoms with Crippen LogP contribution < -0.4 is 5.32 Å².